The van der Waals surface area contributed by atoms with E-state index in [-0.39, 0.29) is 6.61 Å². The zero-order valence-corrected chi connectivity index (χ0v) is 14.0. The Kier molecular flexibility index (Phi) is 6.02. The summed E-state index contributed by atoms with van der Waals surface area (Å²) in [5.74, 6) is 1.01. The Hall–Kier alpha value is -1.11. The Morgan fingerprint density at radius 3 is 2.90 bits per heavy atom. The fourth-order valence-corrected chi connectivity index (χ4v) is 3.06. The minimum absolute atomic E-state index is 0.159. The number of nitrogens with zero attached hydrogens (tertiary/aromatic N) is 3. The minimum Gasteiger partial charge on any atom is -0.395 e. The maximum absolute atomic E-state index is 9.34. The summed E-state index contributed by atoms with van der Waals surface area (Å²) in [7, 11) is 0. The molecule has 0 aromatic carbocycles. The highest BCUT2D eigenvalue weighted by molar-refractivity contribution is 7.15. The highest BCUT2D eigenvalue weighted by Gasteiger charge is 2.18. The van der Waals surface area contributed by atoms with Gasteiger partial charge in [-0.1, -0.05) is 27.2 Å². The number of aliphatic hydroxyl groups is 1. The number of fused-ring (bicyclic) bond motifs is 1. The van der Waals surface area contributed by atoms with E-state index in [1.165, 1.54) is 5.69 Å². The molecule has 2 aromatic heterocycles. The number of anilines is 1. The van der Waals surface area contributed by atoms with Crippen molar-refractivity contribution in [2.45, 2.75) is 46.2 Å². The van der Waals surface area contributed by atoms with Crippen LogP contribution in [0.25, 0.3) is 4.96 Å². The molecule has 2 heterocycles. The van der Waals surface area contributed by atoms with E-state index in [1.807, 2.05) is 0 Å². The van der Waals surface area contributed by atoms with Gasteiger partial charge >= 0.3 is 0 Å². The summed E-state index contributed by atoms with van der Waals surface area (Å²) in [6.07, 6.45) is 4.33. The lowest BCUT2D eigenvalue weighted by molar-refractivity contribution is 0.301. The molecule has 0 amide bonds. The van der Waals surface area contributed by atoms with Gasteiger partial charge in [0, 0.05) is 37.3 Å². The predicted octanol–water partition coefficient (Wildman–Crippen LogP) is 2.49. The van der Waals surface area contributed by atoms with Crippen LogP contribution in [-0.2, 0) is 6.54 Å². The molecule has 0 fully saturated rings. The van der Waals surface area contributed by atoms with Crippen molar-refractivity contribution < 1.29 is 5.11 Å². The molecule has 118 valence electrons. The first-order valence-corrected chi connectivity index (χ1v) is 8.59. The molecule has 0 saturated carbocycles. The monoisotopic (exact) mass is 310 g/mol. The van der Waals surface area contributed by atoms with E-state index in [0.717, 1.165) is 36.7 Å². The lowest BCUT2D eigenvalue weighted by atomic mass is 10.3. The van der Waals surface area contributed by atoms with Gasteiger partial charge in [0.2, 0.25) is 0 Å². The van der Waals surface area contributed by atoms with Crippen molar-refractivity contribution in [3.63, 3.8) is 0 Å². The largest absolute Gasteiger partial charge is 0.395 e. The Morgan fingerprint density at radius 2 is 2.24 bits per heavy atom. The normalized spacial score (nSPS) is 11.7. The molecule has 0 bridgehead atoms. The molecule has 0 atom stereocenters. The Morgan fingerprint density at radius 1 is 1.43 bits per heavy atom. The molecular weight excluding hydrogens is 284 g/mol. The fourth-order valence-electron chi connectivity index (χ4n) is 2.33. The van der Waals surface area contributed by atoms with Crippen LogP contribution in [0, 0.1) is 0 Å². The number of thiazole rings is 1. The second-order valence-electron chi connectivity index (χ2n) is 5.54. The van der Waals surface area contributed by atoms with Gasteiger partial charge in [0.15, 0.2) is 10.8 Å². The number of aliphatic hydroxyl groups excluding tert-OH is 1. The van der Waals surface area contributed by atoms with Crippen LogP contribution in [-0.4, -0.2) is 40.2 Å². The van der Waals surface area contributed by atoms with Crippen LogP contribution in [0.2, 0.25) is 0 Å². The Balaban J connectivity index is 2.30. The van der Waals surface area contributed by atoms with Crippen LogP contribution in [0.1, 0.15) is 39.3 Å². The summed E-state index contributed by atoms with van der Waals surface area (Å²) in [5.41, 5.74) is 1.18. The molecule has 0 spiro atoms. The molecule has 21 heavy (non-hydrogen) atoms. The number of aromatic nitrogens is 2. The smallest absolute Gasteiger partial charge is 0.195 e. The van der Waals surface area contributed by atoms with Crippen molar-refractivity contribution in [2.24, 2.45) is 0 Å². The van der Waals surface area contributed by atoms with Crippen molar-refractivity contribution in [1.82, 2.24) is 14.7 Å². The first-order valence-electron chi connectivity index (χ1n) is 7.71. The third-order valence-electron chi connectivity index (χ3n) is 3.47. The minimum atomic E-state index is 0.159. The van der Waals surface area contributed by atoms with Crippen molar-refractivity contribution in [3.05, 3.63) is 17.3 Å². The molecule has 2 N–H and O–H groups in total. The quantitative estimate of drug-likeness (QED) is 0.747. The van der Waals surface area contributed by atoms with E-state index < -0.39 is 0 Å². The van der Waals surface area contributed by atoms with Crippen LogP contribution in [0.4, 0.5) is 5.82 Å². The lowest BCUT2D eigenvalue weighted by Crippen LogP contribution is -2.30. The number of hydrogen-bond donors (Lipinski definition) is 2. The van der Waals surface area contributed by atoms with Gasteiger partial charge in [-0.05, 0) is 6.42 Å². The Bertz CT molecular complexity index is 549. The van der Waals surface area contributed by atoms with Crippen molar-refractivity contribution in [2.75, 3.05) is 24.6 Å². The van der Waals surface area contributed by atoms with Gasteiger partial charge in [-0.25, -0.2) is 4.98 Å². The molecule has 0 aliphatic rings. The van der Waals surface area contributed by atoms with Crippen LogP contribution >= 0.6 is 11.3 Å². The molecule has 0 unspecified atom stereocenters. The summed E-state index contributed by atoms with van der Waals surface area (Å²) in [6.45, 7) is 9.01. The highest BCUT2D eigenvalue weighted by Crippen LogP contribution is 2.25. The third-order valence-corrected chi connectivity index (χ3v) is 4.23. The second-order valence-corrected chi connectivity index (χ2v) is 6.41. The average Bonchev–Trinajstić information content (AvgIpc) is 3.02. The first kappa shape index (κ1) is 16.3. The molecule has 2 rings (SSSR count). The van der Waals surface area contributed by atoms with Crippen molar-refractivity contribution >= 4 is 22.1 Å². The van der Waals surface area contributed by atoms with Crippen LogP contribution in [0.3, 0.4) is 0 Å². The Labute approximate surface area is 130 Å². The maximum atomic E-state index is 9.34. The zero-order valence-electron chi connectivity index (χ0n) is 13.2. The highest BCUT2D eigenvalue weighted by atomic mass is 32.1. The van der Waals surface area contributed by atoms with Crippen LogP contribution in [0.5, 0.6) is 0 Å². The van der Waals surface area contributed by atoms with E-state index in [2.05, 4.69) is 47.0 Å². The van der Waals surface area contributed by atoms with E-state index in [4.69, 9.17) is 4.98 Å². The van der Waals surface area contributed by atoms with Gasteiger partial charge in [-0.15, -0.1) is 11.3 Å². The number of unbranched alkanes of at least 4 members (excludes halogenated alkanes) is 1. The van der Waals surface area contributed by atoms with Gasteiger partial charge in [-0.3, -0.25) is 4.40 Å². The molecular formula is C15H26N4OS. The number of imidazole rings is 1. The molecule has 0 saturated heterocycles. The van der Waals surface area contributed by atoms with Gasteiger partial charge < -0.3 is 15.3 Å². The molecule has 0 aliphatic heterocycles. The zero-order chi connectivity index (χ0) is 15.2. The number of hydrogen-bond acceptors (Lipinski definition) is 5. The van der Waals surface area contributed by atoms with E-state index in [1.54, 1.807) is 11.3 Å². The van der Waals surface area contributed by atoms with E-state index >= 15 is 0 Å². The molecule has 2 aromatic rings. The molecule has 6 heteroatoms. The maximum Gasteiger partial charge on any atom is 0.195 e. The molecule has 5 nitrogen and oxygen atoms in total. The van der Waals surface area contributed by atoms with Gasteiger partial charge in [0.05, 0.1) is 12.3 Å². The summed E-state index contributed by atoms with van der Waals surface area (Å²) in [4.78, 5) is 8.01. The van der Waals surface area contributed by atoms with E-state index in [0.29, 0.717) is 12.6 Å². The lowest BCUT2D eigenvalue weighted by Gasteiger charge is -2.23. The van der Waals surface area contributed by atoms with Gasteiger partial charge in [-0.2, -0.15) is 0 Å². The van der Waals surface area contributed by atoms with Crippen LogP contribution in [0.15, 0.2) is 11.6 Å². The number of rotatable bonds is 9. The SMILES string of the molecule is CCCCN(CCO)c1nc2sccn2c1CNC(C)C. The predicted molar refractivity (Wildman–Crippen MR) is 89.3 cm³/mol. The van der Waals surface area contributed by atoms with Crippen molar-refractivity contribution in [3.8, 4) is 0 Å². The molecule has 0 aliphatic carbocycles. The number of nitrogens with one attached hydrogen (secondary N) is 1. The summed E-state index contributed by atoms with van der Waals surface area (Å²) in [6, 6.07) is 0.434. The third kappa shape index (κ3) is 3.96. The van der Waals surface area contributed by atoms with E-state index in [9.17, 15) is 5.11 Å². The van der Waals surface area contributed by atoms with Crippen LogP contribution < -0.4 is 10.2 Å². The standard InChI is InChI=1S/C15H26N4OS/c1-4-5-6-18(7-9-20)14-13(11-16-12(2)3)19-8-10-21-15(19)17-14/h8,10,12,16,20H,4-7,9,11H2,1-3H3. The van der Waals surface area contributed by atoms with Gasteiger partial charge in [0.1, 0.15) is 0 Å². The van der Waals surface area contributed by atoms with Gasteiger partial charge in [0.25, 0.3) is 0 Å². The second kappa shape index (κ2) is 7.77. The summed E-state index contributed by atoms with van der Waals surface area (Å²) < 4.78 is 2.16. The molecule has 0 radical (unpaired) electrons. The fraction of sp³-hybridized carbons (Fsp3) is 0.667. The first-order chi connectivity index (χ1) is 10.2. The topological polar surface area (TPSA) is 52.8 Å². The van der Waals surface area contributed by atoms with Crippen molar-refractivity contribution in [1.29, 1.82) is 0 Å². The summed E-state index contributed by atoms with van der Waals surface area (Å²) in [5, 5.41) is 14.9. The summed E-state index contributed by atoms with van der Waals surface area (Å²) >= 11 is 1.65. The average molecular weight is 310 g/mol.